The van der Waals surface area contributed by atoms with E-state index in [-0.39, 0.29) is 17.8 Å². The zero-order chi connectivity index (χ0) is 26.0. The van der Waals surface area contributed by atoms with Crippen LogP contribution in [0.25, 0.3) is 27.6 Å². The number of hydrogen-bond acceptors (Lipinski definition) is 6. The number of H-pyrrole nitrogens is 1. The predicted octanol–water partition coefficient (Wildman–Crippen LogP) is 3.83. The summed E-state index contributed by atoms with van der Waals surface area (Å²) in [6.07, 6.45) is 6.18. The fourth-order valence-electron chi connectivity index (χ4n) is 4.10. The third kappa shape index (κ3) is 4.60. The summed E-state index contributed by atoms with van der Waals surface area (Å²) in [5.41, 5.74) is 4.19. The Kier molecular flexibility index (Phi) is 6.93. The highest BCUT2D eigenvalue weighted by atomic mass is 16.5. The number of nitrogens with one attached hydrogen (secondary N) is 3. The highest BCUT2D eigenvalue weighted by molar-refractivity contribution is 6.10. The number of aromatic amines is 1. The van der Waals surface area contributed by atoms with Crippen molar-refractivity contribution >= 4 is 22.7 Å². The lowest BCUT2D eigenvalue weighted by atomic mass is 10.0. The van der Waals surface area contributed by atoms with Crippen molar-refractivity contribution in [1.29, 1.82) is 5.41 Å². The van der Waals surface area contributed by atoms with E-state index in [4.69, 9.17) is 14.9 Å². The Morgan fingerprint density at radius 3 is 2.47 bits per heavy atom. The minimum absolute atomic E-state index is 0.208. The first-order chi connectivity index (χ1) is 17.2. The minimum atomic E-state index is -0.227. The lowest BCUT2D eigenvalue weighted by Crippen LogP contribution is -2.18. The molecule has 3 aromatic heterocycles. The number of fused-ring (bicyclic) bond motifs is 1. The van der Waals surface area contributed by atoms with E-state index in [2.05, 4.69) is 10.3 Å². The van der Waals surface area contributed by atoms with Crippen LogP contribution in [0.1, 0.15) is 16.8 Å². The second kappa shape index (κ2) is 10.1. The molecule has 4 rings (SSSR count). The quantitative estimate of drug-likeness (QED) is 0.199. The van der Waals surface area contributed by atoms with Gasteiger partial charge in [-0.2, -0.15) is 0 Å². The second-order valence-electron chi connectivity index (χ2n) is 8.64. The van der Waals surface area contributed by atoms with Gasteiger partial charge in [-0.05, 0) is 31.0 Å². The van der Waals surface area contributed by atoms with Crippen LogP contribution in [0.4, 0.5) is 0 Å². The van der Waals surface area contributed by atoms with E-state index in [9.17, 15) is 9.59 Å². The standard InChI is InChI=1S/C27H29N5O4/c1-16-7-6-8-17(2)26(16)36-23-14-31(3)24(33)10-19(23)21-13-32(4)27(34)25-20(21)9-22(30-25)18(11-28)12-29-15-35-5/h6-14,28-30H,15H2,1-5H3/b18-12+,28-11?. The van der Waals surface area contributed by atoms with Gasteiger partial charge in [-0.1, -0.05) is 18.2 Å². The first-order valence-electron chi connectivity index (χ1n) is 11.4. The topological polar surface area (TPSA) is 114 Å². The van der Waals surface area contributed by atoms with Crippen molar-refractivity contribution in [3.05, 3.63) is 86.5 Å². The van der Waals surface area contributed by atoms with E-state index in [1.807, 2.05) is 32.0 Å². The maximum atomic E-state index is 13.0. The number of allylic oxidation sites excluding steroid dienone is 1. The van der Waals surface area contributed by atoms with E-state index in [0.29, 0.717) is 44.8 Å². The van der Waals surface area contributed by atoms with Crippen molar-refractivity contribution in [2.24, 2.45) is 14.1 Å². The number of hydrogen-bond donors (Lipinski definition) is 3. The third-order valence-electron chi connectivity index (χ3n) is 6.02. The molecule has 0 aliphatic carbocycles. The molecule has 0 fully saturated rings. The maximum Gasteiger partial charge on any atom is 0.274 e. The number of aryl methyl sites for hydroxylation is 4. The summed E-state index contributed by atoms with van der Waals surface area (Å²) in [6, 6.07) is 9.22. The van der Waals surface area contributed by atoms with E-state index >= 15 is 0 Å². The van der Waals surface area contributed by atoms with Crippen LogP contribution in [0.5, 0.6) is 11.5 Å². The second-order valence-corrected chi connectivity index (χ2v) is 8.64. The van der Waals surface area contributed by atoms with E-state index in [1.54, 1.807) is 45.9 Å². The molecule has 4 aromatic rings. The Morgan fingerprint density at radius 2 is 1.81 bits per heavy atom. The number of nitrogens with zero attached hydrogens (tertiary/aromatic N) is 2. The van der Waals surface area contributed by atoms with E-state index in [1.165, 1.54) is 21.4 Å². The van der Waals surface area contributed by atoms with Crippen LogP contribution >= 0.6 is 0 Å². The van der Waals surface area contributed by atoms with Gasteiger partial charge in [-0.15, -0.1) is 0 Å². The normalized spacial score (nSPS) is 11.6. The summed E-state index contributed by atoms with van der Waals surface area (Å²) in [6.45, 7) is 4.21. The molecule has 0 aliphatic rings. The van der Waals surface area contributed by atoms with Gasteiger partial charge in [0, 0.05) is 73.7 Å². The Morgan fingerprint density at radius 1 is 1.08 bits per heavy atom. The van der Waals surface area contributed by atoms with Gasteiger partial charge in [0.1, 0.15) is 18.0 Å². The molecule has 0 bridgehead atoms. The van der Waals surface area contributed by atoms with E-state index < -0.39 is 0 Å². The first kappa shape index (κ1) is 24.7. The number of ether oxygens (including phenoxy) is 2. The highest BCUT2D eigenvalue weighted by Gasteiger charge is 2.19. The fourth-order valence-corrected chi connectivity index (χ4v) is 4.10. The summed E-state index contributed by atoms with van der Waals surface area (Å²) in [4.78, 5) is 28.9. The lowest BCUT2D eigenvalue weighted by molar-refractivity contribution is 0.188. The molecule has 3 N–H and O–H groups in total. The molecule has 9 nitrogen and oxygen atoms in total. The lowest BCUT2D eigenvalue weighted by Gasteiger charge is -2.17. The molecule has 0 amide bonds. The Bertz CT molecular complexity index is 1590. The monoisotopic (exact) mass is 487 g/mol. The molecule has 0 spiro atoms. The molecule has 0 saturated heterocycles. The average Bonchev–Trinajstić information content (AvgIpc) is 3.29. The molecule has 9 heteroatoms. The average molecular weight is 488 g/mol. The van der Waals surface area contributed by atoms with Gasteiger partial charge in [0.05, 0.1) is 6.20 Å². The first-order valence-corrected chi connectivity index (χ1v) is 11.4. The molecule has 0 aliphatic heterocycles. The number of aromatic nitrogens is 3. The molecule has 0 radical (unpaired) electrons. The summed E-state index contributed by atoms with van der Waals surface area (Å²) in [5, 5.41) is 11.4. The number of methoxy groups -OCH3 is 1. The zero-order valence-electron chi connectivity index (χ0n) is 20.9. The van der Waals surface area contributed by atoms with Crippen molar-refractivity contribution in [1.82, 2.24) is 19.4 Å². The predicted molar refractivity (Wildman–Crippen MR) is 142 cm³/mol. The summed E-state index contributed by atoms with van der Waals surface area (Å²) < 4.78 is 14.3. The molecule has 0 unspecified atom stereocenters. The Labute approximate surface area is 208 Å². The van der Waals surface area contributed by atoms with Crippen molar-refractivity contribution in [2.45, 2.75) is 13.8 Å². The molecular weight excluding hydrogens is 458 g/mol. The van der Waals surface area contributed by atoms with Gasteiger partial charge in [0.2, 0.25) is 0 Å². The number of para-hydroxylation sites is 1. The molecular formula is C27H29N5O4. The zero-order valence-corrected chi connectivity index (χ0v) is 20.9. The van der Waals surface area contributed by atoms with Gasteiger partial charge in [0.25, 0.3) is 11.1 Å². The van der Waals surface area contributed by atoms with Gasteiger partial charge in [-0.25, -0.2) is 0 Å². The van der Waals surface area contributed by atoms with Gasteiger partial charge >= 0.3 is 0 Å². The third-order valence-corrected chi connectivity index (χ3v) is 6.02. The Hall–Kier alpha value is -4.37. The van der Waals surface area contributed by atoms with Gasteiger partial charge < -0.3 is 34.3 Å². The summed E-state index contributed by atoms with van der Waals surface area (Å²) >= 11 is 0. The SMILES string of the molecule is COCN/C=C(\C=N)c1cc2c(-c3cc(=O)n(C)cc3Oc3c(C)cccc3C)cn(C)c(=O)c2[nH]1. The molecule has 36 heavy (non-hydrogen) atoms. The maximum absolute atomic E-state index is 13.0. The molecule has 3 heterocycles. The number of rotatable bonds is 8. The molecule has 0 saturated carbocycles. The largest absolute Gasteiger partial charge is 0.455 e. The Balaban J connectivity index is 1.96. The van der Waals surface area contributed by atoms with E-state index in [0.717, 1.165) is 11.1 Å². The van der Waals surface area contributed by atoms with Gasteiger partial charge in [-0.3, -0.25) is 9.59 Å². The highest BCUT2D eigenvalue weighted by Crippen LogP contribution is 2.38. The number of pyridine rings is 2. The summed E-state index contributed by atoms with van der Waals surface area (Å²) in [7, 11) is 4.89. The van der Waals surface area contributed by atoms with Crippen molar-refractivity contribution in [3.8, 4) is 22.6 Å². The van der Waals surface area contributed by atoms with Crippen molar-refractivity contribution in [2.75, 3.05) is 13.8 Å². The smallest absolute Gasteiger partial charge is 0.274 e. The van der Waals surface area contributed by atoms with Crippen LogP contribution < -0.4 is 21.2 Å². The van der Waals surface area contributed by atoms with Gasteiger partial charge in [0.15, 0.2) is 5.75 Å². The van der Waals surface area contributed by atoms with Crippen molar-refractivity contribution in [3.63, 3.8) is 0 Å². The summed E-state index contributed by atoms with van der Waals surface area (Å²) in [5.74, 6) is 1.20. The van der Waals surface area contributed by atoms with Crippen LogP contribution in [-0.2, 0) is 18.8 Å². The molecule has 186 valence electrons. The number of benzene rings is 1. The van der Waals surface area contributed by atoms with Crippen LogP contribution in [-0.4, -0.2) is 34.2 Å². The molecule has 1 aromatic carbocycles. The fraction of sp³-hybridized carbons (Fsp3) is 0.222. The van der Waals surface area contributed by atoms with Crippen LogP contribution in [0.15, 0.2) is 58.5 Å². The molecule has 0 atom stereocenters. The van der Waals surface area contributed by atoms with Crippen molar-refractivity contribution < 1.29 is 9.47 Å². The van der Waals surface area contributed by atoms with Crippen LogP contribution in [0, 0.1) is 19.3 Å². The van der Waals surface area contributed by atoms with Crippen LogP contribution in [0.3, 0.4) is 0 Å². The van der Waals surface area contributed by atoms with Crippen LogP contribution in [0.2, 0.25) is 0 Å². The minimum Gasteiger partial charge on any atom is -0.455 e.